The Hall–Kier alpha value is -3.36. The van der Waals surface area contributed by atoms with Gasteiger partial charge in [0.05, 0.1) is 11.9 Å². The molecule has 2 aliphatic rings. The molecule has 0 bridgehead atoms. The Labute approximate surface area is 162 Å². The molecule has 9 heteroatoms. The number of likely N-dealkylation sites (tertiary alicyclic amines) is 1. The normalized spacial score (nSPS) is 21.2. The molecule has 28 heavy (non-hydrogen) atoms. The largest absolute Gasteiger partial charge is 0.356 e. The number of hydrogen-bond acceptors (Lipinski definition) is 7. The molecule has 5 heterocycles. The third kappa shape index (κ3) is 2.98. The van der Waals surface area contributed by atoms with Crippen molar-refractivity contribution >= 4 is 11.7 Å². The smallest absolute Gasteiger partial charge is 0.274 e. The van der Waals surface area contributed by atoms with Crippen molar-refractivity contribution in [2.45, 2.75) is 6.92 Å². The van der Waals surface area contributed by atoms with E-state index < -0.39 is 0 Å². The maximum atomic E-state index is 12.7. The van der Waals surface area contributed by atoms with Crippen molar-refractivity contribution in [3.8, 4) is 5.82 Å². The number of fused-ring (bicyclic) bond motifs is 1. The summed E-state index contributed by atoms with van der Waals surface area (Å²) in [5, 5.41) is 4.23. The lowest BCUT2D eigenvalue weighted by molar-refractivity contribution is 0.0776. The minimum atomic E-state index is -0.0311. The van der Waals surface area contributed by atoms with Crippen LogP contribution in [-0.4, -0.2) is 66.7 Å². The lowest BCUT2D eigenvalue weighted by Gasteiger charge is -2.22. The predicted octanol–water partition coefficient (Wildman–Crippen LogP) is 0.969. The minimum absolute atomic E-state index is 0.0311. The molecule has 5 rings (SSSR count). The summed E-state index contributed by atoms with van der Waals surface area (Å²) in [5.74, 6) is 2.49. The Morgan fingerprint density at radius 3 is 2.46 bits per heavy atom. The molecule has 0 aromatic carbocycles. The lowest BCUT2D eigenvalue weighted by Crippen LogP contribution is -2.34. The van der Waals surface area contributed by atoms with Gasteiger partial charge in [-0.3, -0.25) is 9.78 Å². The number of carbonyl (C=O) groups is 1. The lowest BCUT2D eigenvalue weighted by atomic mass is 10.0. The highest BCUT2D eigenvalue weighted by Crippen LogP contribution is 2.34. The SMILES string of the molecule is Cc1cnc(C(=O)N2CC3CN(c4cc(-n5cccn5)ncn4)CC3C2)cn1. The molecule has 0 spiro atoms. The van der Waals surface area contributed by atoms with Crippen LogP contribution in [0, 0.1) is 18.8 Å². The molecule has 3 aromatic rings. The molecule has 0 saturated carbocycles. The van der Waals surface area contributed by atoms with Crippen LogP contribution in [0.15, 0.2) is 43.2 Å². The fourth-order valence-corrected chi connectivity index (χ4v) is 4.05. The van der Waals surface area contributed by atoms with E-state index in [2.05, 4.69) is 29.9 Å². The molecule has 2 saturated heterocycles. The van der Waals surface area contributed by atoms with E-state index in [1.807, 2.05) is 30.2 Å². The first-order valence-corrected chi connectivity index (χ1v) is 9.32. The Kier molecular flexibility index (Phi) is 4.00. The molecule has 2 atom stereocenters. The second-order valence-corrected chi connectivity index (χ2v) is 7.36. The van der Waals surface area contributed by atoms with Crippen LogP contribution in [0.2, 0.25) is 0 Å². The molecular formula is C19H20N8O. The minimum Gasteiger partial charge on any atom is -0.356 e. The molecule has 142 valence electrons. The fraction of sp³-hybridized carbons (Fsp3) is 0.368. The van der Waals surface area contributed by atoms with Gasteiger partial charge in [0.1, 0.15) is 17.8 Å². The van der Waals surface area contributed by atoms with Gasteiger partial charge in [-0.25, -0.2) is 19.6 Å². The quantitative estimate of drug-likeness (QED) is 0.672. The first-order chi connectivity index (χ1) is 13.7. The second-order valence-electron chi connectivity index (χ2n) is 7.36. The van der Waals surface area contributed by atoms with Crippen molar-refractivity contribution < 1.29 is 4.79 Å². The number of hydrogen-bond donors (Lipinski definition) is 0. The molecule has 1 amide bonds. The van der Waals surface area contributed by atoms with Gasteiger partial charge >= 0.3 is 0 Å². The number of carbonyl (C=O) groups excluding carboxylic acids is 1. The maximum absolute atomic E-state index is 12.7. The Balaban J connectivity index is 1.27. The van der Waals surface area contributed by atoms with E-state index in [0.29, 0.717) is 17.5 Å². The monoisotopic (exact) mass is 376 g/mol. The van der Waals surface area contributed by atoms with Crippen molar-refractivity contribution in [3.05, 3.63) is 54.6 Å². The number of nitrogens with zero attached hydrogens (tertiary/aromatic N) is 8. The summed E-state index contributed by atoms with van der Waals surface area (Å²) in [6.45, 7) is 5.10. The van der Waals surface area contributed by atoms with Crippen LogP contribution in [-0.2, 0) is 0 Å². The van der Waals surface area contributed by atoms with Gasteiger partial charge in [0.2, 0.25) is 0 Å². The average Bonchev–Trinajstić information content (AvgIpc) is 3.44. The van der Waals surface area contributed by atoms with Crippen molar-refractivity contribution in [3.63, 3.8) is 0 Å². The van der Waals surface area contributed by atoms with Crippen LogP contribution in [0.3, 0.4) is 0 Å². The number of rotatable bonds is 3. The standard InChI is InChI=1S/C19H20N8O/c1-13-6-21-16(7-20-13)19(28)26-10-14-8-25(9-15(14)11-26)17-5-18(23-12-22-17)27-4-2-3-24-27/h2-7,12,14-15H,8-11H2,1H3. The number of aromatic nitrogens is 6. The maximum Gasteiger partial charge on any atom is 0.274 e. The Bertz CT molecular complexity index is 973. The van der Waals surface area contributed by atoms with Crippen molar-refractivity contribution in [2.24, 2.45) is 11.8 Å². The number of aryl methyl sites for hydroxylation is 1. The van der Waals surface area contributed by atoms with Gasteiger partial charge in [-0.2, -0.15) is 5.10 Å². The molecule has 2 unspecified atom stereocenters. The van der Waals surface area contributed by atoms with Gasteiger partial charge in [0, 0.05) is 62.7 Å². The molecule has 0 N–H and O–H groups in total. The van der Waals surface area contributed by atoms with Crippen LogP contribution < -0.4 is 4.90 Å². The molecule has 2 aliphatic heterocycles. The fourth-order valence-electron chi connectivity index (χ4n) is 4.05. The Morgan fingerprint density at radius 1 is 1.00 bits per heavy atom. The third-order valence-corrected chi connectivity index (χ3v) is 5.47. The summed E-state index contributed by atoms with van der Waals surface area (Å²) >= 11 is 0. The average molecular weight is 376 g/mol. The van der Waals surface area contributed by atoms with Crippen molar-refractivity contribution in [1.29, 1.82) is 0 Å². The van der Waals surface area contributed by atoms with Gasteiger partial charge in [-0.1, -0.05) is 0 Å². The third-order valence-electron chi connectivity index (χ3n) is 5.47. The number of anilines is 1. The zero-order valence-corrected chi connectivity index (χ0v) is 15.5. The topological polar surface area (TPSA) is 92.9 Å². The van der Waals surface area contributed by atoms with Gasteiger partial charge in [0.15, 0.2) is 5.82 Å². The van der Waals surface area contributed by atoms with Gasteiger partial charge in [0.25, 0.3) is 5.91 Å². The van der Waals surface area contributed by atoms with Gasteiger partial charge < -0.3 is 9.80 Å². The molecule has 2 fully saturated rings. The van der Waals surface area contributed by atoms with Crippen LogP contribution in [0.25, 0.3) is 5.82 Å². The molecular weight excluding hydrogens is 356 g/mol. The molecule has 0 radical (unpaired) electrons. The van der Waals surface area contributed by atoms with E-state index in [9.17, 15) is 4.79 Å². The zero-order valence-electron chi connectivity index (χ0n) is 15.5. The van der Waals surface area contributed by atoms with Crippen molar-refractivity contribution in [1.82, 2.24) is 34.6 Å². The summed E-state index contributed by atoms with van der Waals surface area (Å²) in [5.41, 5.74) is 1.23. The van der Waals surface area contributed by atoms with Gasteiger partial charge in [-0.15, -0.1) is 0 Å². The van der Waals surface area contributed by atoms with Gasteiger partial charge in [-0.05, 0) is 13.0 Å². The first kappa shape index (κ1) is 16.8. The number of amides is 1. The van der Waals surface area contributed by atoms with Crippen molar-refractivity contribution in [2.75, 3.05) is 31.1 Å². The highest BCUT2D eigenvalue weighted by molar-refractivity contribution is 5.92. The van der Waals surface area contributed by atoms with Crippen LogP contribution in [0.4, 0.5) is 5.82 Å². The van der Waals surface area contributed by atoms with E-state index in [1.54, 1.807) is 29.6 Å². The molecule has 0 aliphatic carbocycles. The first-order valence-electron chi connectivity index (χ1n) is 9.32. The van der Waals surface area contributed by atoms with E-state index >= 15 is 0 Å². The van der Waals surface area contributed by atoms with Crippen LogP contribution in [0.1, 0.15) is 16.2 Å². The second kappa shape index (κ2) is 6.66. The van der Waals surface area contributed by atoms with Crippen LogP contribution >= 0.6 is 0 Å². The highest BCUT2D eigenvalue weighted by Gasteiger charge is 2.42. The predicted molar refractivity (Wildman–Crippen MR) is 101 cm³/mol. The summed E-state index contributed by atoms with van der Waals surface area (Å²) < 4.78 is 1.73. The molecule has 9 nitrogen and oxygen atoms in total. The van der Waals surface area contributed by atoms with E-state index in [4.69, 9.17) is 0 Å². The summed E-state index contributed by atoms with van der Waals surface area (Å²) in [6.07, 6.45) is 8.37. The summed E-state index contributed by atoms with van der Waals surface area (Å²) in [6, 6.07) is 3.82. The summed E-state index contributed by atoms with van der Waals surface area (Å²) in [7, 11) is 0. The van der Waals surface area contributed by atoms with E-state index in [-0.39, 0.29) is 5.91 Å². The Morgan fingerprint density at radius 2 is 1.79 bits per heavy atom. The zero-order chi connectivity index (χ0) is 19.1. The van der Waals surface area contributed by atoms with E-state index in [0.717, 1.165) is 43.5 Å². The van der Waals surface area contributed by atoms with E-state index in [1.165, 1.54) is 0 Å². The molecule has 3 aromatic heterocycles. The van der Waals surface area contributed by atoms with Crippen LogP contribution in [0.5, 0.6) is 0 Å². The summed E-state index contributed by atoms with van der Waals surface area (Å²) in [4.78, 5) is 34.0. The highest BCUT2D eigenvalue weighted by atomic mass is 16.2.